The molecule has 0 bridgehead atoms. The number of fused-ring (bicyclic) bond motifs is 1. The minimum absolute atomic E-state index is 0.215. The summed E-state index contributed by atoms with van der Waals surface area (Å²) in [5.41, 5.74) is 5.50. The number of anilines is 1. The van der Waals surface area contributed by atoms with Crippen molar-refractivity contribution in [2.24, 2.45) is 0 Å². The third kappa shape index (κ3) is 2.67. The molecule has 0 aliphatic heterocycles. The summed E-state index contributed by atoms with van der Waals surface area (Å²) in [6.45, 7) is 1.77. The molecule has 0 saturated carbocycles. The molecule has 1 aromatic carbocycles. The molecule has 0 unspecified atom stereocenters. The molecular weight excluding hydrogens is 304 g/mol. The molecule has 2 heterocycles. The second kappa shape index (κ2) is 5.37. The molecule has 3 rings (SSSR count). The number of nitrogens with two attached hydrogens (primary N) is 1. The minimum atomic E-state index is -0.726. The SMILES string of the molecule is Cc1cc(=O)oc2cc(Oc3ncnc(N)c3[N+](=O)[O-])ccc12. The van der Waals surface area contributed by atoms with Crippen LogP contribution in [-0.4, -0.2) is 14.9 Å². The summed E-state index contributed by atoms with van der Waals surface area (Å²) >= 11 is 0. The monoisotopic (exact) mass is 314 g/mol. The van der Waals surface area contributed by atoms with Crippen molar-refractivity contribution in [3.8, 4) is 11.6 Å². The zero-order chi connectivity index (χ0) is 16.6. The molecule has 0 aliphatic carbocycles. The molecule has 0 fully saturated rings. The molecule has 9 heteroatoms. The first-order valence-electron chi connectivity index (χ1n) is 6.43. The third-order valence-corrected chi connectivity index (χ3v) is 3.14. The van der Waals surface area contributed by atoms with E-state index in [1.807, 2.05) is 0 Å². The van der Waals surface area contributed by atoms with Crippen molar-refractivity contribution < 1.29 is 14.1 Å². The summed E-state index contributed by atoms with van der Waals surface area (Å²) in [4.78, 5) is 29.0. The van der Waals surface area contributed by atoms with Gasteiger partial charge in [0.1, 0.15) is 17.7 Å². The average molecular weight is 314 g/mol. The normalized spacial score (nSPS) is 10.7. The maximum Gasteiger partial charge on any atom is 0.372 e. The predicted molar refractivity (Wildman–Crippen MR) is 80.4 cm³/mol. The molecule has 0 atom stereocenters. The molecular formula is C14H10N4O5. The Morgan fingerprint density at radius 3 is 2.83 bits per heavy atom. The van der Waals surface area contributed by atoms with E-state index in [1.54, 1.807) is 19.1 Å². The van der Waals surface area contributed by atoms with Crippen molar-refractivity contribution >= 4 is 22.5 Å². The number of aryl methyl sites for hydroxylation is 1. The van der Waals surface area contributed by atoms with Gasteiger partial charge in [-0.3, -0.25) is 10.1 Å². The highest BCUT2D eigenvalue weighted by Gasteiger charge is 2.23. The Kier molecular flexibility index (Phi) is 3.37. The van der Waals surface area contributed by atoms with Crippen molar-refractivity contribution in [2.75, 3.05) is 5.73 Å². The van der Waals surface area contributed by atoms with E-state index >= 15 is 0 Å². The van der Waals surface area contributed by atoms with Crippen molar-refractivity contribution in [1.82, 2.24) is 9.97 Å². The number of nitrogens with zero attached hydrogens (tertiary/aromatic N) is 3. The summed E-state index contributed by atoms with van der Waals surface area (Å²) in [5.74, 6) is -0.382. The first kappa shape index (κ1) is 14.4. The van der Waals surface area contributed by atoms with Crippen LogP contribution in [0.15, 0.2) is 39.8 Å². The second-order valence-corrected chi connectivity index (χ2v) is 4.68. The topological polar surface area (TPSA) is 134 Å². The molecule has 116 valence electrons. The van der Waals surface area contributed by atoms with Gasteiger partial charge in [-0.2, -0.15) is 4.98 Å². The number of rotatable bonds is 3. The number of benzene rings is 1. The van der Waals surface area contributed by atoms with E-state index < -0.39 is 16.2 Å². The lowest BCUT2D eigenvalue weighted by atomic mass is 10.1. The summed E-state index contributed by atoms with van der Waals surface area (Å²) in [7, 11) is 0. The number of ether oxygens (including phenoxy) is 1. The first-order chi connectivity index (χ1) is 11.0. The van der Waals surface area contributed by atoms with E-state index in [-0.39, 0.29) is 17.4 Å². The fraction of sp³-hybridized carbons (Fsp3) is 0.0714. The summed E-state index contributed by atoms with van der Waals surface area (Å²) in [6, 6.07) is 6.08. The molecule has 9 nitrogen and oxygen atoms in total. The average Bonchev–Trinajstić information content (AvgIpc) is 2.46. The number of nitro groups is 1. The Morgan fingerprint density at radius 2 is 2.09 bits per heavy atom. The van der Waals surface area contributed by atoms with Crippen LogP contribution in [0.4, 0.5) is 11.5 Å². The van der Waals surface area contributed by atoms with Gasteiger partial charge >= 0.3 is 17.2 Å². The predicted octanol–water partition coefficient (Wildman–Crippen LogP) is 2.17. The van der Waals surface area contributed by atoms with Crippen molar-refractivity contribution in [3.05, 3.63) is 56.7 Å². The van der Waals surface area contributed by atoms with Gasteiger partial charge in [-0.15, -0.1) is 0 Å². The quantitative estimate of drug-likeness (QED) is 0.441. The Morgan fingerprint density at radius 1 is 1.30 bits per heavy atom. The minimum Gasteiger partial charge on any atom is -0.433 e. The van der Waals surface area contributed by atoms with E-state index in [4.69, 9.17) is 14.9 Å². The van der Waals surface area contributed by atoms with Gasteiger partial charge in [-0.05, 0) is 24.6 Å². The van der Waals surface area contributed by atoms with Crippen LogP contribution in [0.1, 0.15) is 5.56 Å². The lowest BCUT2D eigenvalue weighted by Gasteiger charge is -2.07. The van der Waals surface area contributed by atoms with Gasteiger partial charge in [0.2, 0.25) is 5.82 Å². The highest BCUT2D eigenvalue weighted by atomic mass is 16.6. The smallest absolute Gasteiger partial charge is 0.372 e. The van der Waals surface area contributed by atoms with Gasteiger partial charge in [-0.25, -0.2) is 9.78 Å². The lowest BCUT2D eigenvalue weighted by molar-refractivity contribution is -0.385. The fourth-order valence-corrected chi connectivity index (χ4v) is 2.10. The number of hydrogen-bond acceptors (Lipinski definition) is 8. The Labute approximate surface area is 128 Å². The lowest BCUT2D eigenvalue weighted by Crippen LogP contribution is -2.03. The highest BCUT2D eigenvalue weighted by Crippen LogP contribution is 2.33. The Hall–Kier alpha value is -3.49. The van der Waals surface area contributed by atoms with Gasteiger partial charge in [0.15, 0.2) is 0 Å². The van der Waals surface area contributed by atoms with Gasteiger partial charge in [0.25, 0.3) is 0 Å². The molecule has 0 spiro atoms. The highest BCUT2D eigenvalue weighted by molar-refractivity contribution is 5.81. The Balaban J connectivity index is 2.08. The summed E-state index contributed by atoms with van der Waals surface area (Å²) in [5, 5.41) is 11.8. The van der Waals surface area contributed by atoms with Gasteiger partial charge in [-0.1, -0.05) is 0 Å². The molecule has 3 aromatic rings. The van der Waals surface area contributed by atoms with Gasteiger partial charge in [0.05, 0.1) is 4.92 Å². The van der Waals surface area contributed by atoms with Crippen LogP contribution in [0.5, 0.6) is 11.6 Å². The fourth-order valence-electron chi connectivity index (χ4n) is 2.10. The van der Waals surface area contributed by atoms with Crippen LogP contribution in [0.25, 0.3) is 11.0 Å². The molecule has 0 aliphatic rings. The standard InChI is InChI=1S/C14H10N4O5/c1-7-4-11(19)23-10-5-8(2-3-9(7)10)22-14-12(18(20)21)13(15)16-6-17-14/h2-6H,1H3,(H2,15,16,17). The van der Waals surface area contributed by atoms with E-state index in [0.29, 0.717) is 5.58 Å². The maximum absolute atomic E-state index is 11.4. The van der Waals surface area contributed by atoms with Gasteiger partial charge in [0, 0.05) is 17.5 Å². The van der Waals surface area contributed by atoms with E-state index in [2.05, 4.69) is 9.97 Å². The molecule has 2 N–H and O–H groups in total. The van der Waals surface area contributed by atoms with E-state index in [0.717, 1.165) is 17.3 Å². The zero-order valence-electron chi connectivity index (χ0n) is 11.8. The second-order valence-electron chi connectivity index (χ2n) is 4.68. The van der Waals surface area contributed by atoms with Crippen molar-refractivity contribution in [3.63, 3.8) is 0 Å². The summed E-state index contributed by atoms with van der Waals surface area (Å²) in [6.07, 6.45) is 1.06. The van der Waals surface area contributed by atoms with Crippen LogP contribution in [0.3, 0.4) is 0 Å². The van der Waals surface area contributed by atoms with E-state index in [9.17, 15) is 14.9 Å². The van der Waals surface area contributed by atoms with Crippen LogP contribution < -0.4 is 16.1 Å². The molecule has 0 radical (unpaired) electrons. The van der Waals surface area contributed by atoms with Crippen molar-refractivity contribution in [1.29, 1.82) is 0 Å². The largest absolute Gasteiger partial charge is 0.433 e. The number of hydrogen-bond donors (Lipinski definition) is 1. The number of nitrogen functional groups attached to an aromatic ring is 1. The molecule has 2 aromatic heterocycles. The van der Waals surface area contributed by atoms with E-state index in [1.165, 1.54) is 12.1 Å². The summed E-state index contributed by atoms with van der Waals surface area (Å²) < 4.78 is 10.5. The van der Waals surface area contributed by atoms with Crippen molar-refractivity contribution in [2.45, 2.75) is 6.92 Å². The van der Waals surface area contributed by atoms with Crippen LogP contribution in [-0.2, 0) is 0 Å². The molecule has 23 heavy (non-hydrogen) atoms. The maximum atomic E-state index is 11.4. The molecule has 0 saturated heterocycles. The van der Waals surface area contributed by atoms with Crippen LogP contribution >= 0.6 is 0 Å². The zero-order valence-corrected chi connectivity index (χ0v) is 11.8. The van der Waals surface area contributed by atoms with Crippen LogP contribution in [0, 0.1) is 17.0 Å². The van der Waals surface area contributed by atoms with Crippen LogP contribution in [0.2, 0.25) is 0 Å². The first-order valence-corrected chi connectivity index (χ1v) is 6.43. The third-order valence-electron chi connectivity index (χ3n) is 3.14. The molecule has 0 amide bonds. The number of aromatic nitrogens is 2. The Bertz CT molecular complexity index is 983. The van der Waals surface area contributed by atoms with Gasteiger partial charge < -0.3 is 14.9 Å².